The van der Waals surface area contributed by atoms with Crippen LogP contribution in [0.3, 0.4) is 0 Å². The number of para-hydroxylation sites is 1. The third-order valence-electron chi connectivity index (χ3n) is 5.51. The molecular formula is C24H29N3O6. The van der Waals surface area contributed by atoms with Crippen molar-refractivity contribution in [3.63, 3.8) is 0 Å². The molecule has 0 saturated carbocycles. The predicted octanol–water partition coefficient (Wildman–Crippen LogP) is 6.14. The van der Waals surface area contributed by atoms with Gasteiger partial charge in [0.05, 0.1) is 16.3 Å². The number of ether oxygens (including phenoxy) is 2. The third-order valence-corrected chi connectivity index (χ3v) is 5.51. The summed E-state index contributed by atoms with van der Waals surface area (Å²) in [7, 11) is 0. The SMILES string of the molecule is CCCN1C(=O)OC(C)c2cc([N+](=O)[O-])ccc21.CCCN1C(=O)OC(C)c2ccccc21. The molecule has 0 aliphatic carbocycles. The fourth-order valence-electron chi connectivity index (χ4n) is 3.93. The normalized spacial score (nSPS) is 18.9. The number of nitro groups is 1. The number of nitro benzene ring substituents is 1. The minimum atomic E-state index is -0.458. The van der Waals surface area contributed by atoms with Crippen molar-refractivity contribution in [1.29, 1.82) is 0 Å². The third kappa shape index (κ3) is 5.08. The summed E-state index contributed by atoms with van der Waals surface area (Å²) in [5, 5.41) is 10.7. The summed E-state index contributed by atoms with van der Waals surface area (Å²) in [5.41, 5.74) is 3.46. The maximum absolute atomic E-state index is 11.7. The van der Waals surface area contributed by atoms with Gasteiger partial charge < -0.3 is 9.47 Å². The number of rotatable bonds is 5. The maximum Gasteiger partial charge on any atom is 0.414 e. The van der Waals surface area contributed by atoms with E-state index in [-0.39, 0.29) is 17.9 Å². The Morgan fingerprint density at radius 2 is 1.36 bits per heavy atom. The van der Waals surface area contributed by atoms with Crippen LogP contribution in [-0.2, 0) is 9.47 Å². The molecule has 2 aromatic carbocycles. The number of fused-ring (bicyclic) bond motifs is 2. The van der Waals surface area contributed by atoms with Crippen molar-refractivity contribution in [3.05, 3.63) is 63.7 Å². The highest BCUT2D eigenvalue weighted by atomic mass is 16.6. The summed E-state index contributed by atoms with van der Waals surface area (Å²) in [6, 6.07) is 12.4. The molecule has 4 rings (SSSR count). The zero-order chi connectivity index (χ0) is 24.1. The number of amides is 2. The van der Waals surface area contributed by atoms with E-state index < -0.39 is 17.1 Å². The summed E-state index contributed by atoms with van der Waals surface area (Å²) in [6.45, 7) is 8.87. The van der Waals surface area contributed by atoms with Crippen molar-refractivity contribution >= 4 is 29.2 Å². The van der Waals surface area contributed by atoms with Crippen LogP contribution in [-0.4, -0.2) is 30.2 Å². The van der Waals surface area contributed by atoms with Gasteiger partial charge in [0.1, 0.15) is 12.2 Å². The van der Waals surface area contributed by atoms with Crippen LogP contribution in [0.25, 0.3) is 0 Å². The Balaban J connectivity index is 0.000000189. The molecule has 0 fully saturated rings. The molecule has 2 amide bonds. The lowest BCUT2D eigenvalue weighted by atomic mass is 10.0. The molecule has 2 atom stereocenters. The number of hydrogen-bond acceptors (Lipinski definition) is 6. The summed E-state index contributed by atoms with van der Waals surface area (Å²) in [5.74, 6) is 0. The Kier molecular flexibility index (Phi) is 7.52. The van der Waals surface area contributed by atoms with Gasteiger partial charge in [-0.15, -0.1) is 0 Å². The maximum atomic E-state index is 11.7. The average molecular weight is 456 g/mol. The van der Waals surface area contributed by atoms with Crippen molar-refractivity contribution in [2.75, 3.05) is 22.9 Å². The van der Waals surface area contributed by atoms with E-state index in [0.717, 1.165) is 24.1 Å². The van der Waals surface area contributed by atoms with Crippen LogP contribution in [0.1, 0.15) is 63.9 Å². The van der Waals surface area contributed by atoms with Gasteiger partial charge in [-0.3, -0.25) is 19.9 Å². The predicted molar refractivity (Wildman–Crippen MR) is 125 cm³/mol. The van der Waals surface area contributed by atoms with Crippen LogP contribution in [0.2, 0.25) is 0 Å². The van der Waals surface area contributed by atoms with Gasteiger partial charge in [0, 0.05) is 36.3 Å². The van der Waals surface area contributed by atoms with E-state index in [9.17, 15) is 19.7 Å². The van der Waals surface area contributed by atoms with Crippen molar-refractivity contribution in [2.45, 2.75) is 52.7 Å². The van der Waals surface area contributed by atoms with E-state index in [1.54, 1.807) is 17.9 Å². The molecule has 2 heterocycles. The van der Waals surface area contributed by atoms with Gasteiger partial charge in [0.15, 0.2) is 0 Å². The second-order valence-corrected chi connectivity index (χ2v) is 7.91. The van der Waals surface area contributed by atoms with Gasteiger partial charge in [-0.25, -0.2) is 9.59 Å². The van der Waals surface area contributed by atoms with E-state index in [1.165, 1.54) is 17.0 Å². The monoisotopic (exact) mass is 455 g/mol. The molecule has 9 heteroatoms. The Labute approximate surface area is 193 Å². The van der Waals surface area contributed by atoms with Crippen LogP contribution in [0.5, 0.6) is 0 Å². The molecule has 0 radical (unpaired) electrons. The van der Waals surface area contributed by atoms with Gasteiger partial charge in [-0.2, -0.15) is 0 Å². The van der Waals surface area contributed by atoms with Gasteiger partial charge in [-0.1, -0.05) is 32.0 Å². The first-order chi connectivity index (χ1) is 15.8. The number of nitrogens with zero attached hydrogens (tertiary/aromatic N) is 3. The van der Waals surface area contributed by atoms with E-state index in [1.807, 2.05) is 45.0 Å². The first-order valence-corrected chi connectivity index (χ1v) is 11.1. The summed E-state index contributed by atoms with van der Waals surface area (Å²) < 4.78 is 10.4. The van der Waals surface area contributed by atoms with Crippen LogP contribution in [0.15, 0.2) is 42.5 Å². The molecule has 0 saturated heterocycles. The molecule has 0 spiro atoms. The minimum Gasteiger partial charge on any atom is -0.441 e. The van der Waals surface area contributed by atoms with Gasteiger partial charge in [0.25, 0.3) is 5.69 Å². The topological polar surface area (TPSA) is 102 Å². The standard InChI is InChI=1S/C12H14N2O4.C12H15NO2/c1-3-6-13-11-5-4-9(14(16)17)7-10(11)8(2)18-12(13)15;1-3-8-13-11-7-5-4-6-10(11)9(2)15-12(13)14/h4-5,7-8H,3,6H2,1-2H3;4-7,9H,3,8H2,1-2H3. The summed E-state index contributed by atoms with van der Waals surface area (Å²) in [6.07, 6.45) is 0.494. The Morgan fingerprint density at radius 1 is 0.848 bits per heavy atom. The Bertz CT molecular complexity index is 1040. The molecule has 2 unspecified atom stereocenters. The van der Waals surface area contributed by atoms with Gasteiger partial charge >= 0.3 is 12.2 Å². The van der Waals surface area contributed by atoms with E-state index >= 15 is 0 Å². The van der Waals surface area contributed by atoms with E-state index in [4.69, 9.17) is 9.47 Å². The smallest absolute Gasteiger partial charge is 0.414 e. The lowest BCUT2D eigenvalue weighted by Crippen LogP contribution is -2.37. The number of benzene rings is 2. The molecule has 176 valence electrons. The second-order valence-electron chi connectivity index (χ2n) is 7.91. The molecule has 2 aliphatic rings. The molecule has 0 bridgehead atoms. The molecular weight excluding hydrogens is 426 g/mol. The lowest BCUT2D eigenvalue weighted by Gasteiger charge is -2.32. The largest absolute Gasteiger partial charge is 0.441 e. The zero-order valence-electron chi connectivity index (χ0n) is 19.3. The number of cyclic esters (lactones) is 2. The first kappa shape index (κ1) is 24.0. The average Bonchev–Trinajstić information content (AvgIpc) is 2.79. The molecule has 0 N–H and O–H groups in total. The molecule has 2 aromatic rings. The van der Waals surface area contributed by atoms with Gasteiger partial charge in [-0.05, 0) is 38.8 Å². The number of anilines is 2. The zero-order valence-corrected chi connectivity index (χ0v) is 19.3. The lowest BCUT2D eigenvalue weighted by molar-refractivity contribution is -0.385. The molecule has 2 aliphatic heterocycles. The van der Waals surface area contributed by atoms with E-state index in [0.29, 0.717) is 24.3 Å². The van der Waals surface area contributed by atoms with Crippen molar-refractivity contribution < 1.29 is 24.0 Å². The van der Waals surface area contributed by atoms with Crippen molar-refractivity contribution in [1.82, 2.24) is 0 Å². The van der Waals surface area contributed by atoms with Crippen LogP contribution >= 0.6 is 0 Å². The van der Waals surface area contributed by atoms with Crippen molar-refractivity contribution in [2.24, 2.45) is 0 Å². The highest BCUT2D eigenvalue weighted by Gasteiger charge is 2.31. The van der Waals surface area contributed by atoms with Crippen LogP contribution in [0.4, 0.5) is 26.7 Å². The van der Waals surface area contributed by atoms with Crippen LogP contribution < -0.4 is 9.80 Å². The fourth-order valence-corrected chi connectivity index (χ4v) is 3.93. The minimum absolute atomic E-state index is 0.00926. The highest BCUT2D eigenvalue weighted by Crippen LogP contribution is 2.37. The van der Waals surface area contributed by atoms with E-state index in [2.05, 4.69) is 0 Å². The Hall–Kier alpha value is -3.62. The summed E-state index contributed by atoms with van der Waals surface area (Å²) >= 11 is 0. The second kappa shape index (κ2) is 10.3. The number of carbonyl (C=O) groups is 2. The molecule has 0 aromatic heterocycles. The summed E-state index contributed by atoms with van der Waals surface area (Å²) in [4.78, 5) is 36.9. The number of carbonyl (C=O) groups excluding carboxylic acids is 2. The van der Waals surface area contributed by atoms with Crippen LogP contribution in [0, 0.1) is 10.1 Å². The molecule has 33 heavy (non-hydrogen) atoms. The number of non-ortho nitro benzene ring substituents is 1. The van der Waals surface area contributed by atoms with Gasteiger partial charge in [0.2, 0.25) is 0 Å². The highest BCUT2D eigenvalue weighted by molar-refractivity contribution is 5.91. The fraction of sp³-hybridized carbons (Fsp3) is 0.417. The molecule has 9 nitrogen and oxygen atoms in total. The quantitative estimate of drug-likeness (QED) is 0.396. The number of hydrogen-bond donors (Lipinski definition) is 0. The Morgan fingerprint density at radius 3 is 1.91 bits per heavy atom. The van der Waals surface area contributed by atoms with Crippen molar-refractivity contribution in [3.8, 4) is 0 Å². The first-order valence-electron chi connectivity index (χ1n) is 11.1.